The number of fused-ring (bicyclic) bond motifs is 2. The van der Waals surface area contributed by atoms with Gasteiger partial charge in [0.1, 0.15) is 6.42 Å². The molecule has 7 heteroatoms. The third-order valence-corrected chi connectivity index (χ3v) is 3.14. The number of ketones is 2. The molecule has 0 spiro atoms. The molecule has 2 aromatic rings. The zero-order valence-electron chi connectivity index (χ0n) is 11.9. The summed E-state index contributed by atoms with van der Waals surface area (Å²) in [4.78, 5) is 43.1. The summed E-state index contributed by atoms with van der Waals surface area (Å²) in [6.07, 6.45) is -0.806. The van der Waals surface area contributed by atoms with Crippen LogP contribution < -0.4 is 0 Å². The Bertz CT molecular complexity index is 695. The van der Waals surface area contributed by atoms with Gasteiger partial charge >= 0.3 is 41.5 Å². The fourth-order valence-corrected chi connectivity index (χ4v) is 2.18. The number of carboxylic acid groups (broad SMARTS) is 2. The van der Waals surface area contributed by atoms with Crippen LogP contribution >= 0.6 is 0 Å². The van der Waals surface area contributed by atoms with Crippen molar-refractivity contribution < 1.29 is 29.4 Å². The summed E-state index contributed by atoms with van der Waals surface area (Å²) in [5, 5.41) is 15.4. The average Bonchev–Trinajstić information content (AvgIpc) is 2.52. The van der Waals surface area contributed by atoms with E-state index in [9.17, 15) is 19.2 Å². The van der Waals surface area contributed by atoms with Crippen molar-refractivity contribution >= 4 is 53.1 Å². The summed E-state index contributed by atoms with van der Waals surface area (Å²) >= 11 is 0. The second-order valence-corrected chi connectivity index (χ2v) is 4.71. The molecule has 24 heavy (non-hydrogen) atoms. The van der Waals surface area contributed by atoms with Gasteiger partial charge in [-0.3, -0.25) is 19.2 Å². The summed E-state index contributed by atoms with van der Waals surface area (Å²) in [6.45, 7) is 0. The van der Waals surface area contributed by atoms with E-state index in [1.807, 2.05) is 0 Å². The van der Waals surface area contributed by atoms with E-state index < -0.39 is 18.4 Å². The van der Waals surface area contributed by atoms with Crippen molar-refractivity contribution in [1.29, 1.82) is 0 Å². The zero-order chi connectivity index (χ0) is 17.0. The minimum absolute atomic E-state index is 0. The maximum atomic E-state index is 12.1. The fraction of sp³-hybridized carbons (Fsp3) is 0.0588. The maximum absolute atomic E-state index is 12.1. The van der Waals surface area contributed by atoms with Crippen LogP contribution in [0, 0.1) is 0 Å². The molecule has 1 aliphatic carbocycles. The van der Waals surface area contributed by atoms with Crippen molar-refractivity contribution in [3.63, 3.8) is 0 Å². The second kappa shape index (κ2) is 8.54. The van der Waals surface area contributed by atoms with Crippen LogP contribution in [0.4, 0.5) is 0 Å². The van der Waals surface area contributed by atoms with E-state index in [2.05, 4.69) is 0 Å². The van der Waals surface area contributed by atoms with Gasteiger partial charge in [-0.15, -0.1) is 0 Å². The number of carboxylic acids is 2. The summed E-state index contributed by atoms with van der Waals surface area (Å²) in [5.41, 5.74) is 2.02. The Morgan fingerprint density at radius 1 is 0.667 bits per heavy atom. The van der Waals surface area contributed by atoms with Gasteiger partial charge in [0.2, 0.25) is 0 Å². The second-order valence-electron chi connectivity index (χ2n) is 4.71. The number of rotatable bonds is 2. The predicted molar refractivity (Wildman–Crippen MR) is 86.8 cm³/mol. The standard InChI is InChI=1S/C14H8O2.C3H4O4.Na.H/c15-13-9-5-1-2-6-10(9)14(16)12-8-4-3-7-11(12)13;4-2(5)1-3(6)7;;/h1-8H;1H2,(H,4,5)(H,6,7);;. The van der Waals surface area contributed by atoms with Gasteiger partial charge in [-0.1, -0.05) is 48.5 Å². The van der Waals surface area contributed by atoms with Crippen molar-refractivity contribution in [2.75, 3.05) is 0 Å². The number of carbonyl (C=O) groups is 4. The van der Waals surface area contributed by atoms with Gasteiger partial charge in [-0.25, -0.2) is 0 Å². The molecule has 6 nitrogen and oxygen atoms in total. The Hall–Kier alpha value is -2.28. The van der Waals surface area contributed by atoms with Gasteiger partial charge in [0.15, 0.2) is 11.6 Å². The van der Waals surface area contributed by atoms with Gasteiger partial charge in [0.25, 0.3) is 0 Å². The number of carbonyl (C=O) groups excluding carboxylic acids is 2. The monoisotopic (exact) mass is 336 g/mol. The van der Waals surface area contributed by atoms with E-state index in [4.69, 9.17) is 10.2 Å². The van der Waals surface area contributed by atoms with Crippen LogP contribution in [-0.4, -0.2) is 63.3 Å². The Kier molecular flexibility index (Phi) is 7.03. The first-order valence-electron chi connectivity index (χ1n) is 6.63. The van der Waals surface area contributed by atoms with Crippen molar-refractivity contribution in [2.45, 2.75) is 6.42 Å². The molecule has 1 aliphatic rings. The molecule has 0 amide bonds. The molecule has 0 saturated carbocycles. The molecular formula is C17H13NaO6. The van der Waals surface area contributed by atoms with Crippen LogP contribution in [0.5, 0.6) is 0 Å². The first kappa shape index (κ1) is 19.8. The molecule has 0 fully saturated rings. The minimum atomic E-state index is -1.31. The molecule has 3 rings (SSSR count). The van der Waals surface area contributed by atoms with Gasteiger partial charge < -0.3 is 10.2 Å². The molecule has 0 aromatic heterocycles. The fourth-order valence-electron chi connectivity index (χ4n) is 2.18. The molecule has 0 unspecified atom stereocenters. The van der Waals surface area contributed by atoms with Crippen molar-refractivity contribution in [3.05, 3.63) is 70.8 Å². The Morgan fingerprint density at radius 3 is 1.08 bits per heavy atom. The summed E-state index contributed by atoms with van der Waals surface area (Å²) < 4.78 is 0. The Labute approximate surface area is 159 Å². The van der Waals surface area contributed by atoms with Crippen LogP contribution in [0.1, 0.15) is 38.3 Å². The Morgan fingerprint density at radius 2 is 0.917 bits per heavy atom. The molecule has 0 atom stereocenters. The van der Waals surface area contributed by atoms with E-state index >= 15 is 0 Å². The van der Waals surface area contributed by atoms with E-state index in [1.54, 1.807) is 48.5 Å². The third kappa shape index (κ3) is 4.38. The first-order valence-corrected chi connectivity index (χ1v) is 6.63. The summed E-state index contributed by atoms with van der Waals surface area (Å²) in [6, 6.07) is 13.9. The molecule has 0 saturated heterocycles. The van der Waals surface area contributed by atoms with Crippen LogP contribution in [-0.2, 0) is 9.59 Å². The topological polar surface area (TPSA) is 109 Å². The van der Waals surface area contributed by atoms with Crippen LogP contribution in [0.15, 0.2) is 48.5 Å². The Balaban J connectivity index is 0.000000312. The van der Waals surface area contributed by atoms with Crippen molar-refractivity contribution in [3.8, 4) is 0 Å². The van der Waals surface area contributed by atoms with Gasteiger partial charge in [-0.05, 0) is 0 Å². The molecule has 0 bridgehead atoms. The predicted octanol–water partition coefficient (Wildman–Crippen LogP) is 1.36. The number of benzene rings is 2. The van der Waals surface area contributed by atoms with Gasteiger partial charge in [0, 0.05) is 22.3 Å². The zero-order valence-corrected chi connectivity index (χ0v) is 11.9. The van der Waals surface area contributed by atoms with Crippen molar-refractivity contribution in [2.24, 2.45) is 0 Å². The average molecular weight is 336 g/mol. The summed E-state index contributed by atoms with van der Waals surface area (Å²) in [5.74, 6) is -2.75. The SMILES string of the molecule is O=C(O)CC(=O)O.O=C1c2ccccc2C(=O)c2ccccc21.[NaH]. The van der Waals surface area contributed by atoms with E-state index in [-0.39, 0.29) is 41.1 Å². The molecule has 0 aliphatic heterocycles. The molecule has 2 N–H and O–H groups in total. The third-order valence-electron chi connectivity index (χ3n) is 3.14. The van der Waals surface area contributed by atoms with E-state index in [1.165, 1.54) is 0 Å². The number of aliphatic carboxylic acids is 2. The van der Waals surface area contributed by atoms with Crippen LogP contribution in [0.25, 0.3) is 0 Å². The number of hydrogen-bond donors (Lipinski definition) is 2. The quantitative estimate of drug-likeness (QED) is 0.540. The molecule has 0 radical (unpaired) electrons. The van der Waals surface area contributed by atoms with Crippen LogP contribution in [0.3, 0.4) is 0 Å². The van der Waals surface area contributed by atoms with Crippen molar-refractivity contribution in [1.82, 2.24) is 0 Å². The number of hydrogen-bond acceptors (Lipinski definition) is 4. The van der Waals surface area contributed by atoms with E-state index in [0.717, 1.165) is 0 Å². The molecule has 118 valence electrons. The molecular weight excluding hydrogens is 323 g/mol. The van der Waals surface area contributed by atoms with Crippen LogP contribution in [0.2, 0.25) is 0 Å². The van der Waals surface area contributed by atoms with Gasteiger partial charge in [-0.2, -0.15) is 0 Å². The molecule has 0 heterocycles. The van der Waals surface area contributed by atoms with E-state index in [0.29, 0.717) is 22.3 Å². The normalized spacial score (nSPS) is 11.2. The molecule has 2 aromatic carbocycles. The van der Waals surface area contributed by atoms with Gasteiger partial charge in [0.05, 0.1) is 0 Å². The first-order chi connectivity index (χ1) is 10.9. The summed E-state index contributed by atoms with van der Waals surface area (Å²) in [7, 11) is 0.